The Kier molecular flexibility index (Phi) is 6.72. The molecule has 0 bridgehead atoms. The maximum absolute atomic E-state index is 13.1. The molecule has 7 heteroatoms. The summed E-state index contributed by atoms with van der Waals surface area (Å²) < 4.78 is 5.40. The quantitative estimate of drug-likeness (QED) is 0.671. The Hall–Kier alpha value is -3.35. The van der Waals surface area contributed by atoms with Crippen molar-refractivity contribution in [2.24, 2.45) is 5.92 Å². The Labute approximate surface area is 176 Å². The molecule has 0 radical (unpaired) electrons. The van der Waals surface area contributed by atoms with Gasteiger partial charge in [-0.05, 0) is 49.2 Å². The Balaban J connectivity index is 1.75. The van der Waals surface area contributed by atoms with Crippen molar-refractivity contribution >= 4 is 29.2 Å². The first kappa shape index (κ1) is 21.4. The molecule has 1 aliphatic rings. The zero-order chi connectivity index (χ0) is 21.7. The summed E-state index contributed by atoms with van der Waals surface area (Å²) >= 11 is 0. The van der Waals surface area contributed by atoms with E-state index in [1.54, 1.807) is 48.5 Å². The lowest BCUT2D eigenvalue weighted by molar-refractivity contribution is -0.124. The summed E-state index contributed by atoms with van der Waals surface area (Å²) in [6.07, 6.45) is -0.103. The van der Waals surface area contributed by atoms with Crippen LogP contribution in [0.4, 0.5) is 16.2 Å². The first-order chi connectivity index (χ1) is 14.4. The van der Waals surface area contributed by atoms with Gasteiger partial charge >= 0.3 is 6.03 Å². The van der Waals surface area contributed by atoms with Gasteiger partial charge < -0.3 is 15.0 Å². The van der Waals surface area contributed by atoms with Gasteiger partial charge in [0.1, 0.15) is 11.8 Å². The number of imide groups is 1. The van der Waals surface area contributed by atoms with Gasteiger partial charge in [0, 0.05) is 12.2 Å². The number of nitrogens with zero attached hydrogens (tertiary/aromatic N) is 2. The van der Waals surface area contributed by atoms with E-state index in [4.69, 9.17) is 4.74 Å². The van der Waals surface area contributed by atoms with Crippen LogP contribution in [-0.4, -0.2) is 41.9 Å². The van der Waals surface area contributed by atoms with E-state index in [0.29, 0.717) is 30.3 Å². The highest BCUT2D eigenvalue weighted by molar-refractivity contribution is 6.22. The topological polar surface area (TPSA) is 79.0 Å². The fraction of sp³-hybridized carbons (Fsp3) is 0.348. The Bertz CT molecular complexity index is 896. The number of anilines is 2. The number of benzene rings is 2. The number of carbonyl (C=O) groups is 3. The largest absolute Gasteiger partial charge is 0.494 e. The summed E-state index contributed by atoms with van der Waals surface area (Å²) in [5, 5.41) is 2.80. The zero-order valence-corrected chi connectivity index (χ0v) is 17.5. The number of rotatable bonds is 8. The standard InChI is InChI=1S/C23H27N3O4/c1-4-30-19-12-10-17(11-13-19)24-21(27)14-20-22(28)26(18-8-6-5-7-9-18)23(29)25(20)15-16(2)3/h5-13,16,20H,4,14-15H2,1-3H3,(H,24,27)/t20-/m0/s1. The van der Waals surface area contributed by atoms with Crippen LogP contribution in [0.5, 0.6) is 5.75 Å². The first-order valence-corrected chi connectivity index (χ1v) is 10.1. The zero-order valence-electron chi connectivity index (χ0n) is 17.5. The van der Waals surface area contributed by atoms with Crippen LogP contribution in [0, 0.1) is 5.92 Å². The van der Waals surface area contributed by atoms with Gasteiger partial charge in [-0.15, -0.1) is 0 Å². The summed E-state index contributed by atoms with van der Waals surface area (Å²) in [5.41, 5.74) is 1.12. The van der Waals surface area contributed by atoms with Crippen molar-refractivity contribution in [1.29, 1.82) is 0 Å². The Morgan fingerprint density at radius 3 is 2.33 bits per heavy atom. The summed E-state index contributed by atoms with van der Waals surface area (Å²) in [6, 6.07) is 14.6. The molecule has 0 aromatic heterocycles. The highest BCUT2D eigenvalue weighted by atomic mass is 16.5. The van der Waals surface area contributed by atoms with Gasteiger partial charge in [0.15, 0.2) is 0 Å². The molecule has 1 heterocycles. The fourth-order valence-corrected chi connectivity index (χ4v) is 3.44. The molecule has 4 amide bonds. The third-order valence-electron chi connectivity index (χ3n) is 4.72. The number of carbonyl (C=O) groups excluding carboxylic acids is 3. The van der Waals surface area contributed by atoms with E-state index in [9.17, 15) is 14.4 Å². The fourth-order valence-electron chi connectivity index (χ4n) is 3.44. The molecule has 1 N–H and O–H groups in total. The molecule has 30 heavy (non-hydrogen) atoms. The second-order valence-corrected chi connectivity index (χ2v) is 7.56. The minimum absolute atomic E-state index is 0.103. The number of hydrogen-bond acceptors (Lipinski definition) is 4. The Morgan fingerprint density at radius 2 is 1.73 bits per heavy atom. The summed E-state index contributed by atoms with van der Waals surface area (Å²) in [4.78, 5) is 41.4. The summed E-state index contributed by atoms with van der Waals surface area (Å²) in [6.45, 7) is 6.80. The van der Waals surface area contributed by atoms with Gasteiger partial charge in [-0.1, -0.05) is 32.0 Å². The molecule has 1 fully saturated rings. The van der Waals surface area contributed by atoms with Gasteiger partial charge in [-0.25, -0.2) is 9.69 Å². The highest BCUT2D eigenvalue weighted by Gasteiger charge is 2.46. The van der Waals surface area contributed by atoms with Gasteiger partial charge in [0.05, 0.1) is 18.7 Å². The number of urea groups is 1. The number of para-hydroxylation sites is 1. The average molecular weight is 409 g/mol. The maximum Gasteiger partial charge on any atom is 0.332 e. The Morgan fingerprint density at radius 1 is 1.07 bits per heavy atom. The van der Waals surface area contributed by atoms with E-state index in [0.717, 1.165) is 4.90 Å². The van der Waals surface area contributed by atoms with Crippen LogP contribution in [0.1, 0.15) is 27.2 Å². The molecule has 2 aromatic rings. The van der Waals surface area contributed by atoms with E-state index < -0.39 is 12.1 Å². The minimum Gasteiger partial charge on any atom is -0.494 e. The van der Waals surface area contributed by atoms with Crippen molar-refractivity contribution in [2.45, 2.75) is 33.2 Å². The average Bonchev–Trinajstić information content (AvgIpc) is 2.94. The van der Waals surface area contributed by atoms with Gasteiger partial charge in [0.2, 0.25) is 5.91 Å². The van der Waals surface area contributed by atoms with Crippen LogP contribution in [0.3, 0.4) is 0 Å². The molecule has 0 aliphatic carbocycles. The SMILES string of the molecule is CCOc1ccc(NC(=O)C[C@H]2C(=O)N(c3ccccc3)C(=O)N2CC(C)C)cc1. The van der Waals surface area contributed by atoms with Crippen molar-refractivity contribution < 1.29 is 19.1 Å². The monoisotopic (exact) mass is 409 g/mol. The molecule has 1 atom stereocenters. The molecule has 158 valence electrons. The lowest BCUT2D eigenvalue weighted by Crippen LogP contribution is -2.40. The molecule has 0 unspecified atom stereocenters. The van der Waals surface area contributed by atoms with Crippen molar-refractivity contribution in [3.8, 4) is 5.75 Å². The molecule has 1 saturated heterocycles. The number of amides is 4. The number of nitrogens with one attached hydrogen (secondary N) is 1. The lowest BCUT2D eigenvalue weighted by Gasteiger charge is -2.23. The van der Waals surface area contributed by atoms with Crippen molar-refractivity contribution in [1.82, 2.24) is 4.90 Å². The molecule has 2 aromatic carbocycles. The lowest BCUT2D eigenvalue weighted by atomic mass is 10.1. The van der Waals surface area contributed by atoms with E-state index in [1.807, 2.05) is 26.8 Å². The number of hydrogen-bond donors (Lipinski definition) is 1. The smallest absolute Gasteiger partial charge is 0.332 e. The molecule has 0 spiro atoms. The van der Waals surface area contributed by atoms with Crippen LogP contribution in [-0.2, 0) is 9.59 Å². The maximum atomic E-state index is 13.1. The van der Waals surface area contributed by atoms with Crippen LogP contribution in [0.15, 0.2) is 54.6 Å². The van der Waals surface area contributed by atoms with E-state index in [-0.39, 0.29) is 24.2 Å². The molecular weight excluding hydrogens is 382 g/mol. The summed E-state index contributed by atoms with van der Waals surface area (Å²) in [7, 11) is 0. The third kappa shape index (κ3) is 4.79. The molecule has 3 rings (SSSR count). The van der Waals surface area contributed by atoms with Crippen LogP contribution >= 0.6 is 0 Å². The predicted octanol–water partition coefficient (Wildman–Crippen LogP) is 3.91. The van der Waals surface area contributed by atoms with Crippen LogP contribution in [0.2, 0.25) is 0 Å². The van der Waals surface area contributed by atoms with Gasteiger partial charge in [0.25, 0.3) is 5.91 Å². The second kappa shape index (κ2) is 9.43. The van der Waals surface area contributed by atoms with Crippen LogP contribution < -0.4 is 15.0 Å². The minimum atomic E-state index is -0.831. The normalized spacial score (nSPS) is 16.3. The highest BCUT2D eigenvalue weighted by Crippen LogP contribution is 2.28. The van der Waals surface area contributed by atoms with E-state index in [1.165, 1.54) is 4.90 Å². The second-order valence-electron chi connectivity index (χ2n) is 7.56. The van der Waals surface area contributed by atoms with E-state index >= 15 is 0 Å². The predicted molar refractivity (Wildman–Crippen MR) is 116 cm³/mol. The molecular formula is C23H27N3O4. The molecule has 0 saturated carbocycles. The molecule has 1 aliphatic heterocycles. The van der Waals surface area contributed by atoms with Gasteiger partial charge in [-0.3, -0.25) is 9.59 Å². The van der Waals surface area contributed by atoms with Crippen molar-refractivity contribution in [3.05, 3.63) is 54.6 Å². The molecule has 7 nitrogen and oxygen atoms in total. The summed E-state index contributed by atoms with van der Waals surface area (Å²) in [5.74, 6) is 0.172. The van der Waals surface area contributed by atoms with Crippen LogP contribution in [0.25, 0.3) is 0 Å². The first-order valence-electron chi connectivity index (χ1n) is 10.1. The van der Waals surface area contributed by atoms with Crippen molar-refractivity contribution in [3.63, 3.8) is 0 Å². The van der Waals surface area contributed by atoms with E-state index in [2.05, 4.69) is 5.32 Å². The van der Waals surface area contributed by atoms with Gasteiger partial charge in [-0.2, -0.15) is 0 Å². The third-order valence-corrected chi connectivity index (χ3v) is 4.72. The van der Waals surface area contributed by atoms with Crippen molar-refractivity contribution in [2.75, 3.05) is 23.4 Å². The number of ether oxygens (including phenoxy) is 1.